The van der Waals surface area contributed by atoms with E-state index in [9.17, 15) is 0 Å². The quantitative estimate of drug-likeness (QED) is 0.246. The van der Waals surface area contributed by atoms with Crippen molar-refractivity contribution in [2.75, 3.05) is 0 Å². The Labute approximate surface area is 212 Å². The second kappa shape index (κ2) is 9.62. The van der Waals surface area contributed by atoms with E-state index in [1.54, 1.807) is 8.94 Å². The first-order chi connectivity index (χ1) is 15.6. The van der Waals surface area contributed by atoms with E-state index in [4.69, 9.17) is 23.2 Å². The molecule has 1 aliphatic rings. The Morgan fingerprint density at radius 1 is 0.531 bits per heavy atom. The molecule has 4 aromatic rings. The maximum atomic E-state index is 6.27. The molecular weight excluding hydrogens is 565 g/mol. The number of hydrogen-bond donors (Lipinski definition) is 0. The van der Waals surface area contributed by atoms with Gasteiger partial charge >= 0.3 is 213 Å². The van der Waals surface area contributed by atoms with Crippen LogP contribution in [0.3, 0.4) is 0 Å². The van der Waals surface area contributed by atoms with E-state index in [1.165, 1.54) is 20.1 Å². The van der Waals surface area contributed by atoms with Gasteiger partial charge in [-0.2, -0.15) is 0 Å². The van der Waals surface area contributed by atoms with Crippen LogP contribution >= 0.6 is 23.2 Å². The molecule has 0 atom stereocenters. The predicted octanol–water partition coefficient (Wildman–Crippen LogP) is 5.95. The molecule has 4 aromatic carbocycles. The van der Waals surface area contributed by atoms with Crippen LogP contribution in [-0.4, -0.2) is 29.9 Å². The molecule has 0 fully saturated rings. The van der Waals surface area contributed by atoms with Crippen LogP contribution in [0.25, 0.3) is 0 Å². The maximum absolute atomic E-state index is 6.27. The summed E-state index contributed by atoms with van der Waals surface area (Å²) in [7, 11) is 0. The van der Waals surface area contributed by atoms with Crippen molar-refractivity contribution in [2.24, 2.45) is 0 Å². The van der Waals surface area contributed by atoms with Gasteiger partial charge in [-0.3, -0.25) is 0 Å². The van der Waals surface area contributed by atoms with Crippen LogP contribution in [-0.2, 0) is 5.41 Å². The summed E-state index contributed by atoms with van der Waals surface area (Å²) in [5, 5.41) is 1.54. The molecule has 0 aromatic heterocycles. The molecule has 0 aliphatic heterocycles. The van der Waals surface area contributed by atoms with Crippen LogP contribution < -0.4 is 8.92 Å². The van der Waals surface area contributed by atoms with Gasteiger partial charge in [0.25, 0.3) is 0 Å². The van der Waals surface area contributed by atoms with E-state index in [1.807, 2.05) is 24.3 Å². The number of rotatable bonds is 6. The van der Waals surface area contributed by atoms with E-state index in [-0.39, 0.29) is 20.4 Å². The zero-order valence-corrected chi connectivity index (χ0v) is 22.1. The average Bonchev–Trinajstić information content (AvgIpc) is 2.83. The SMILES string of the molecule is Clc1ccc(C2(c3ccc(Cl)cc3)CC([Se]c3ccccc3)=C2[Se]c2ccccc2)cc1. The predicted molar refractivity (Wildman–Crippen MR) is 139 cm³/mol. The van der Waals surface area contributed by atoms with Crippen molar-refractivity contribution in [2.45, 2.75) is 11.8 Å². The van der Waals surface area contributed by atoms with E-state index in [2.05, 4.69) is 84.9 Å². The zero-order valence-electron chi connectivity index (χ0n) is 17.2. The molecule has 4 heteroatoms. The minimum atomic E-state index is -0.128. The summed E-state index contributed by atoms with van der Waals surface area (Å²) in [6.07, 6.45) is 1.04. The molecule has 0 N–H and O–H groups in total. The number of benzene rings is 4. The Bertz CT molecular complexity index is 1190. The number of allylic oxidation sites excluding steroid dienone is 2. The van der Waals surface area contributed by atoms with Gasteiger partial charge in [0.05, 0.1) is 0 Å². The first-order valence-electron chi connectivity index (χ1n) is 10.4. The molecule has 5 rings (SSSR count). The van der Waals surface area contributed by atoms with E-state index in [0.717, 1.165) is 16.5 Å². The fourth-order valence-corrected chi connectivity index (χ4v) is 10.1. The van der Waals surface area contributed by atoms with Crippen molar-refractivity contribution in [3.05, 3.63) is 139 Å². The van der Waals surface area contributed by atoms with Crippen molar-refractivity contribution in [1.29, 1.82) is 0 Å². The summed E-state index contributed by atoms with van der Waals surface area (Å²) < 4.78 is 6.02. The molecule has 0 spiro atoms. The van der Waals surface area contributed by atoms with Gasteiger partial charge < -0.3 is 0 Å². The third-order valence-corrected chi connectivity index (χ3v) is 11.9. The van der Waals surface area contributed by atoms with Gasteiger partial charge in [0, 0.05) is 0 Å². The van der Waals surface area contributed by atoms with Crippen LogP contribution in [0, 0.1) is 0 Å². The Morgan fingerprint density at radius 3 is 1.44 bits per heavy atom. The Kier molecular flexibility index (Phi) is 6.63. The summed E-state index contributed by atoms with van der Waals surface area (Å²) in [5.41, 5.74) is 2.49. The van der Waals surface area contributed by atoms with Crippen LogP contribution in [0.5, 0.6) is 0 Å². The van der Waals surface area contributed by atoms with Crippen LogP contribution in [0.1, 0.15) is 17.5 Å². The van der Waals surface area contributed by atoms with Crippen molar-refractivity contribution in [3.8, 4) is 0 Å². The van der Waals surface area contributed by atoms with Crippen molar-refractivity contribution >= 4 is 62.0 Å². The number of halogens is 2. The molecule has 0 radical (unpaired) electrons. The zero-order chi connectivity index (χ0) is 22.0. The molecular formula is C28H20Cl2Se2. The van der Waals surface area contributed by atoms with E-state index >= 15 is 0 Å². The summed E-state index contributed by atoms with van der Waals surface area (Å²) in [6.45, 7) is 0. The summed E-state index contributed by atoms with van der Waals surface area (Å²) in [6, 6.07) is 38.6. The monoisotopic (exact) mass is 586 g/mol. The molecule has 32 heavy (non-hydrogen) atoms. The van der Waals surface area contributed by atoms with Crippen molar-refractivity contribution in [1.82, 2.24) is 0 Å². The molecule has 0 bridgehead atoms. The van der Waals surface area contributed by atoms with Gasteiger partial charge in [-0.1, -0.05) is 0 Å². The summed E-state index contributed by atoms with van der Waals surface area (Å²) in [4.78, 5) is 0. The van der Waals surface area contributed by atoms with E-state index in [0.29, 0.717) is 15.0 Å². The molecule has 0 amide bonds. The molecule has 0 unspecified atom stereocenters. The standard InChI is InChI=1S/C28H20Cl2Se2/c29-22-15-11-20(12-16-22)28(21-13-17-23(30)18-14-21)19-26(31-24-7-3-1-4-8-24)27(28)32-25-9-5-2-6-10-25/h1-18H,19H2. The van der Waals surface area contributed by atoms with Crippen LogP contribution in [0.15, 0.2) is 118 Å². The molecule has 0 saturated carbocycles. The van der Waals surface area contributed by atoms with Gasteiger partial charge in [-0.15, -0.1) is 0 Å². The topological polar surface area (TPSA) is 0 Å². The second-order valence-corrected chi connectivity index (χ2v) is 13.3. The fraction of sp³-hybridized carbons (Fsp3) is 0.0714. The van der Waals surface area contributed by atoms with Crippen LogP contribution in [0.2, 0.25) is 10.0 Å². The summed E-state index contributed by atoms with van der Waals surface area (Å²) in [5.74, 6) is 0. The fourth-order valence-electron chi connectivity index (χ4n) is 4.10. The minimum absolute atomic E-state index is 0.128. The first-order valence-corrected chi connectivity index (χ1v) is 14.5. The second-order valence-electron chi connectivity index (χ2n) is 7.68. The van der Waals surface area contributed by atoms with Gasteiger partial charge in [0.1, 0.15) is 0 Å². The first kappa shape index (κ1) is 22.1. The molecule has 0 nitrogen and oxygen atoms in total. The Balaban J connectivity index is 1.67. The third-order valence-electron chi connectivity index (χ3n) is 5.69. The van der Waals surface area contributed by atoms with Gasteiger partial charge in [0.2, 0.25) is 0 Å². The Morgan fingerprint density at radius 2 is 0.969 bits per heavy atom. The molecule has 1 aliphatic carbocycles. The van der Waals surface area contributed by atoms with E-state index < -0.39 is 0 Å². The third kappa shape index (κ3) is 4.37. The summed E-state index contributed by atoms with van der Waals surface area (Å²) >= 11 is 13.1. The molecule has 0 heterocycles. The Hall–Kier alpha value is -1.76. The van der Waals surface area contributed by atoms with Crippen molar-refractivity contribution < 1.29 is 0 Å². The van der Waals surface area contributed by atoms with Gasteiger partial charge in [0.15, 0.2) is 0 Å². The normalized spacial score (nSPS) is 14.8. The average molecular weight is 585 g/mol. The van der Waals surface area contributed by atoms with Gasteiger partial charge in [-0.25, -0.2) is 0 Å². The molecule has 158 valence electrons. The van der Waals surface area contributed by atoms with Crippen LogP contribution in [0.4, 0.5) is 0 Å². The van der Waals surface area contributed by atoms with Gasteiger partial charge in [-0.05, 0) is 0 Å². The number of hydrogen-bond acceptors (Lipinski definition) is 0. The molecule has 0 saturated heterocycles. The van der Waals surface area contributed by atoms with Crippen molar-refractivity contribution in [3.63, 3.8) is 0 Å².